The SMILES string of the molecule is C[C@@H]1C[C@H](O[Si](C)(C)C(C)(C)C)C[C@H](c2ccncc2[N+](=O)[O-])O1. The Morgan fingerprint density at radius 3 is 2.62 bits per heavy atom. The topological polar surface area (TPSA) is 74.5 Å². The first kappa shape index (κ1) is 19.0. The normalized spacial score (nSPS) is 25.5. The van der Waals surface area contributed by atoms with Gasteiger partial charge in [-0.2, -0.15) is 0 Å². The van der Waals surface area contributed by atoms with Crippen molar-refractivity contribution in [2.24, 2.45) is 0 Å². The molecule has 0 unspecified atom stereocenters. The Kier molecular flexibility index (Phi) is 5.46. The molecule has 0 saturated carbocycles. The molecule has 1 aliphatic heterocycles. The highest BCUT2D eigenvalue weighted by Gasteiger charge is 2.41. The van der Waals surface area contributed by atoms with Gasteiger partial charge in [0.05, 0.1) is 28.8 Å². The van der Waals surface area contributed by atoms with Crippen molar-refractivity contribution in [2.45, 2.75) is 77.0 Å². The van der Waals surface area contributed by atoms with Gasteiger partial charge in [-0.05, 0) is 37.5 Å². The summed E-state index contributed by atoms with van der Waals surface area (Å²) in [7, 11) is -1.89. The van der Waals surface area contributed by atoms with Crippen molar-refractivity contribution in [3.63, 3.8) is 0 Å². The number of ether oxygens (including phenoxy) is 1. The Balaban J connectivity index is 2.22. The Morgan fingerprint density at radius 1 is 1.38 bits per heavy atom. The van der Waals surface area contributed by atoms with Gasteiger partial charge in [0.15, 0.2) is 8.32 Å². The van der Waals surface area contributed by atoms with Crippen LogP contribution in [0.1, 0.15) is 52.2 Å². The van der Waals surface area contributed by atoms with Crippen molar-refractivity contribution in [1.82, 2.24) is 4.98 Å². The van der Waals surface area contributed by atoms with Gasteiger partial charge in [-0.15, -0.1) is 0 Å². The van der Waals surface area contributed by atoms with Crippen LogP contribution in [0.5, 0.6) is 0 Å². The molecule has 0 aromatic carbocycles. The molecule has 0 aliphatic carbocycles. The summed E-state index contributed by atoms with van der Waals surface area (Å²) < 4.78 is 12.5. The Morgan fingerprint density at radius 2 is 2.04 bits per heavy atom. The molecule has 1 aromatic heterocycles. The Hall–Kier alpha value is -1.31. The second-order valence-electron chi connectivity index (χ2n) is 8.10. The van der Waals surface area contributed by atoms with Gasteiger partial charge in [0.25, 0.3) is 5.69 Å². The minimum atomic E-state index is -1.89. The Labute approximate surface area is 144 Å². The Bertz CT molecular complexity index is 600. The monoisotopic (exact) mass is 352 g/mol. The average molecular weight is 353 g/mol. The third-order valence-corrected chi connectivity index (χ3v) is 9.65. The van der Waals surface area contributed by atoms with Crippen molar-refractivity contribution in [3.8, 4) is 0 Å². The summed E-state index contributed by atoms with van der Waals surface area (Å²) >= 11 is 0. The smallest absolute Gasteiger partial charge is 0.293 e. The second-order valence-corrected chi connectivity index (χ2v) is 12.9. The number of nitrogens with zero attached hydrogens (tertiary/aromatic N) is 2. The van der Waals surface area contributed by atoms with Gasteiger partial charge in [-0.25, -0.2) is 0 Å². The highest BCUT2D eigenvalue weighted by molar-refractivity contribution is 6.74. The van der Waals surface area contributed by atoms with Crippen LogP contribution in [0.15, 0.2) is 18.5 Å². The maximum atomic E-state index is 11.3. The molecule has 2 heterocycles. The minimum absolute atomic E-state index is 0.00582. The van der Waals surface area contributed by atoms with Crippen LogP contribution in [0.2, 0.25) is 18.1 Å². The number of aromatic nitrogens is 1. The zero-order valence-electron chi connectivity index (χ0n) is 15.4. The van der Waals surface area contributed by atoms with Crippen molar-refractivity contribution in [2.75, 3.05) is 0 Å². The van der Waals surface area contributed by atoms with Gasteiger partial charge < -0.3 is 9.16 Å². The fourth-order valence-corrected chi connectivity index (χ4v) is 4.19. The molecule has 2 rings (SSSR count). The molecule has 0 amide bonds. The predicted octanol–water partition coefficient (Wildman–Crippen LogP) is 4.62. The number of hydrogen-bond donors (Lipinski definition) is 0. The molecular formula is C17H28N2O4Si. The van der Waals surface area contributed by atoms with Gasteiger partial charge in [0, 0.05) is 12.6 Å². The van der Waals surface area contributed by atoms with Crippen LogP contribution in [0, 0.1) is 10.1 Å². The molecule has 3 atom stereocenters. The van der Waals surface area contributed by atoms with Crippen molar-refractivity contribution >= 4 is 14.0 Å². The van der Waals surface area contributed by atoms with Crippen LogP contribution in [-0.2, 0) is 9.16 Å². The first-order valence-corrected chi connectivity index (χ1v) is 11.3. The number of pyridine rings is 1. The molecule has 1 fully saturated rings. The summed E-state index contributed by atoms with van der Waals surface area (Å²) in [5.41, 5.74) is 0.605. The van der Waals surface area contributed by atoms with E-state index >= 15 is 0 Å². The summed E-state index contributed by atoms with van der Waals surface area (Å²) in [4.78, 5) is 14.7. The summed E-state index contributed by atoms with van der Waals surface area (Å²) in [6, 6.07) is 1.68. The van der Waals surface area contributed by atoms with Crippen LogP contribution in [0.25, 0.3) is 0 Å². The van der Waals surface area contributed by atoms with E-state index in [0.717, 1.165) is 6.42 Å². The van der Waals surface area contributed by atoms with E-state index in [1.165, 1.54) is 6.20 Å². The van der Waals surface area contributed by atoms with Gasteiger partial charge in [0.2, 0.25) is 0 Å². The molecule has 7 heteroatoms. The highest BCUT2D eigenvalue weighted by atomic mass is 28.4. The first-order chi connectivity index (χ1) is 11.0. The lowest BCUT2D eigenvalue weighted by Gasteiger charge is -2.42. The maximum absolute atomic E-state index is 11.3. The molecule has 0 spiro atoms. The quantitative estimate of drug-likeness (QED) is 0.449. The fraction of sp³-hybridized carbons (Fsp3) is 0.706. The van der Waals surface area contributed by atoms with Crippen LogP contribution < -0.4 is 0 Å². The second kappa shape index (κ2) is 6.90. The lowest BCUT2D eigenvalue weighted by atomic mass is 9.96. The van der Waals surface area contributed by atoms with Gasteiger partial charge in [-0.1, -0.05) is 20.8 Å². The first-order valence-electron chi connectivity index (χ1n) is 8.43. The number of hydrogen-bond acceptors (Lipinski definition) is 5. The number of nitro groups is 1. The zero-order valence-corrected chi connectivity index (χ0v) is 16.4. The summed E-state index contributed by atoms with van der Waals surface area (Å²) in [5.74, 6) is 0. The van der Waals surface area contributed by atoms with E-state index in [-0.39, 0.29) is 29.0 Å². The van der Waals surface area contributed by atoms with Crippen LogP contribution in [0.4, 0.5) is 5.69 Å². The van der Waals surface area contributed by atoms with E-state index < -0.39 is 13.2 Å². The van der Waals surface area contributed by atoms with Crippen molar-refractivity contribution < 1.29 is 14.1 Å². The third kappa shape index (κ3) is 4.20. The van der Waals surface area contributed by atoms with Crippen LogP contribution in [-0.4, -0.2) is 30.4 Å². The molecule has 1 aromatic rings. The van der Waals surface area contributed by atoms with E-state index in [4.69, 9.17) is 9.16 Å². The lowest BCUT2D eigenvalue weighted by molar-refractivity contribution is -0.386. The fourth-order valence-electron chi connectivity index (χ4n) is 2.81. The highest BCUT2D eigenvalue weighted by Crippen LogP contribution is 2.42. The van der Waals surface area contributed by atoms with E-state index in [9.17, 15) is 10.1 Å². The van der Waals surface area contributed by atoms with E-state index in [1.54, 1.807) is 12.3 Å². The van der Waals surface area contributed by atoms with E-state index in [0.29, 0.717) is 12.0 Å². The maximum Gasteiger partial charge on any atom is 0.293 e. The van der Waals surface area contributed by atoms with E-state index in [1.807, 2.05) is 6.92 Å². The number of rotatable bonds is 4. The summed E-state index contributed by atoms with van der Waals surface area (Å²) in [5, 5.41) is 11.4. The van der Waals surface area contributed by atoms with Gasteiger partial charge in [-0.3, -0.25) is 15.1 Å². The lowest BCUT2D eigenvalue weighted by Crippen LogP contribution is -2.46. The minimum Gasteiger partial charge on any atom is -0.414 e. The predicted molar refractivity (Wildman–Crippen MR) is 95.5 cm³/mol. The van der Waals surface area contributed by atoms with Crippen molar-refractivity contribution in [1.29, 1.82) is 0 Å². The van der Waals surface area contributed by atoms with Crippen LogP contribution in [0.3, 0.4) is 0 Å². The van der Waals surface area contributed by atoms with Gasteiger partial charge in [0.1, 0.15) is 6.20 Å². The molecule has 6 nitrogen and oxygen atoms in total. The zero-order chi connectivity index (χ0) is 18.1. The van der Waals surface area contributed by atoms with Gasteiger partial charge >= 0.3 is 0 Å². The molecular weight excluding hydrogens is 324 g/mol. The molecule has 0 bridgehead atoms. The summed E-state index contributed by atoms with van der Waals surface area (Å²) in [6.07, 6.45) is 4.07. The third-order valence-electron chi connectivity index (χ3n) is 5.11. The molecule has 0 radical (unpaired) electrons. The van der Waals surface area contributed by atoms with Crippen LogP contribution >= 0.6 is 0 Å². The van der Waals surface area contributed by atoms with Crippen molar-refractivity contribution in [3.05, 3.63) is 34.1 Å². The molecule has 0 N–H and O–H groups in total. The molecule has 1 aliphatic rings. The average Bonchev–Trinajstić information content (AvgIpc) is 2.44. The molecule has 1 saturated heterocycles. The standard InChI is InChI=1S/C17H28N2O4Si/c1-12-9-13(23-24(5,6)17(2,3)4)10-16(22-12)14-7-8-18-11-15(14)19(20)21/h7-8,11-13,16H,9-10H2,1-6H3/t12-,13+,16-/m1/s1. The van der Waals surface area contributed by atoms with E-state index in [2.05, 4.69) is 38.8 Å². The molecule has 24 heavy (non-hydrogen) atoms. The largest absolute Gasteiger partial charge is 0.414 e. The summed E-state index contributed by atoms with van der Waals surface area (Å²) in [6.45, 7) is 13.1. The molecule has 134 valence electrons.